The number of hydrogen-bond acceptors (Lipinski definition) is 3. The molecule has 2 rings (SSSR count). The van der Waals surface area contributed by atoms with Crippen LogP contribution in [-0.2, 0) is 6.54 Å². The van der Waals surface area contributed by atoms with Crippen molar-refractivity contribution in [1.29, 1.82) is 0 Å². The van der Waals surface area contributed by atoms with Crippen LogP contribution in [0.25, 0.3) is 0 Å². The van der Waals surface area contributed by atoms with Gasteiger partial charge in [0.2, 0.25) is 0 Å². The van der Waals surface area contributed by atoms with Gasteiger partial charge in [-0.25, -0.2) is 0 Å². The highest BCUT2D eigenvalue weighted by Crippen LogP contribution is 2.19. The lowest BCUT2D eigenvalue weighted by atomic mass is 10.1. The number of rotatable bonds is 4. The summed E-state index contributed by atoms with van der Waals surface area (Å²) >= 11 is 6.22. The number of halogens is 1. The molecule has 0 aliphatic rings. The van der Waals surface area contributed by atoms with Crippen molar-refractivity contribution in [3.05, 3.63) is 58.1 Å². The number of aromatic nitrogens is 2. The van der Waals surface area contributed by atoms with Gasteiger partial charge in [0.1, 0.15) is 0 Å². The molecule has 0 bridgehead atoms. The van der Waals surface area contributed by atoms with Crippen LogP contribution < -0.4 is 5.32 Å². The summed E-state index contributed by atoms with van der Waals surface area (Å²) in [5.74, 6) is 0. The predicted molar refractivity (Wildman–Crippen MR) is 78.2 cm³/mol. The first-order valence-corrected chi connectivity index (χ1v) is 6.71. The molecule has 1 atom stereocenters. The van der Waals surface area contributed by atoms with Crippen molar-refractivity contribution in [1.82, 2.24) is 15.3 Å². The number of benzene rings is 1. The average Bonchev–Trinajstić information content (AvgIpc) is 2.38. The van der Waals surface area contributed by atoms with Gasteiger partial charge in [-0.1, -0.05) is 23.7 Å². The van der Waals surface area contributed by atoms with Crippen LogP contribution in [0.15, 0.2) is 30.6 Å². The molecule has 0 saturated carbocycles. The summed E-state index contributed by atoms with van der Waals surface area (Å²) in [5, 5.41) is 4.23. The molecule has 0 unspecified atom stereocenters. The maximum atomic E-state index is 6.22. The standard InChI is InChI=1S/C15H18ClN3/c1-10-4-5-13(14(16)8-10)9-19-12(3)15-11(2)17-6-7-18-15/h4-8,12,19H,9H2,1-3H3/t12-/m0/s1. The van der Waals surface area contributed by atoms with Crippen LogP contribution in [0.3, 0.4) is 0 Å². The van der Waals surface area contributed by atoms with Gasteiger partial charge >= 0.3 is 0 Å². The van der Waals surface area contributed by atoms with Gasteiger partial charge in [-0.15, -0.1) is 0 Å². The SMILES string of the molecule is Cc1ccc(CN[C@@H](C)c2nccnc2C)c(Cl)c1. The summed E-state index contributed by atoms with van der Waals surface area (Å²) in [7, 11) is 0. The quantitative estimate of drug-likeness (QED) is 0.926. The Hall–Kier alpha value is -1.45. The monoisotopic (exact) mass is 275 g/mol. The summed E-state index contributed by atoms with van der Waals surface area (Å²) in [6, 6.07) is 6.25. The Labute approximate surface area is 119 Å². The minimum absolute atomic E-state index is 0.145. The molecular weight excluding hydrogens is 258 g/mol. The lowest BCUT2D eigenvalue weighted by Gasteiger charge is -2.15. The van der Waals surface area contributed by atoms with Crippen molar-refractivity contribution in [3.63, 3.8) is 0 Å². The van der Waals surface area contributed by atoms with Gasteiger partial charge in [-0.3, -0.25) is 9.97 Å². The van der Waals surface area contributed by atoms with Crippen molar-refractivity contribution in [2.24, 2.45) is 0 Å². The molecule has 0 fully saturated rings. The molecule has 1 heterocycles. The van der Waals surface area contributed by atoms with Gasteiger partial charge in [-0.2, -0.15) is 0 Å². The van der Waals surface area contributed by atoms with Crippen molar-refractivity contribution in [2.45, 2.75) is 33.4 Å². The van der Waals surface area contributed by atoms with Crippen molar-refractivity contribution >= 4 is 11.6 Å². The lowest BCUT2D eigenvalue weighted by Crippen LogP contribution is -2.20. The molecule has 3 nitrogen and oxygen atoms in total. The maximum absolute atomic E-state index is 6.22. The zero-order valence-corrected chi connectivity index (χ0v) is 12.2. The van der Waals surface area contributed by atoms with Crippen LogP contribution in [0.4, 0.5) is 0 Å². The fourth-order valence-electron chi connectivity index (χ4n) is 2.00. The Balaban J connectivity index is 2.04. The summed E-state index contributed by atoms with van der Waals surface area (Å²) in [6.07, 6.45) is 3.43. The molecular formula is C15H18ClN3. The highest BCUT2D eigenvalue weighted by Gasteiger charge is 2.10. The van der Waals surface area contributed by atoms with Crippen molar-refractivity contribution < 1.29 is 0 Å². The third-order valence-electron chi connectivity index (χ3n) is 3.14. The Bertz CT molecular complexity index is 569. The van der Waals surface area contributed by atoms with Crippen molar-refractivity contribution in [3.8, 4) is 0 Å². The second-order valence-electron chi connectivity index (χ2n) is 4.72. The molecule has 1 N–H and O–H groups in total. The molecule has 0 aliphatic carbocycles. The van der Waals surface area contributed by atoms with Gasteiger partial charge in [0.05, 0.1) is 11.4 Å². The maximum Gasteiger partial charge on any atom is 0.0782 e. The van der Waals surface area contributed by atoms with E-state index in [1.54, 1.807) is 12.4 Å². The van der Waals surface area contributed by atoms with Gasteiger partial charge in [0.15, 0.2) is 0 Å². The molecule has 0 aliphatic heterocycles. The molecule has 1 aromatic heterocycles. The van der Waals surface area contributed by atoms with Crippen LogP contribution in [0.2, 0.25) is 5.02 Å². The fourth-order valence-corrected chi connectivity index (χ4v) is 2.30. The largest absolute Gasteiger partial charge is 0.305 e. The van der Waals surface area contributed by atoms with E-state index >= 15 is 0 Å². The molecule has 0 radical (unpaired) electrons. The Morgan fingerprint density at radius 3 is 2.63 bits per heavy atom. The molecule has 0 saturated heterocycles. The molecule has 4 heteroatoms. The summed E-state index contributed by atoms with van der Waals surface area (Å²) in [4.78, 5) is 8.62. The molecule has 100 valence electrons. The highest BCUT2D eigenvalue weighted by atomic mass is 35.5. The normalized spacial score (nSPS) is 12.4. The zero-order chi connectivity index (χ0) is 13.8. The van der Waals surface area contributed by atoms with Gasteiger partial charge in [-0.05, 0) is 38.0 Å². The van der Waals surface area contributed by atoms with E-state index in [9.17, 15) is 0 Å². The van der Waals surface area contributed by atoms with Gasteiger partial charge in [0.25, 0.3) is 0 Å². The molecule has 2 aromatic rings. The number of nitrogens with zero attached hydrogens (tertiary/aromatic N) is 2. The topological polar surface area (TPSA) is 37.8 Å². The average molecular weight is 276 g/mol. The summed E-state index contributed by atoms with van der Waals surface area (Å²) in [6.45, 7) is 6.81. The number of hydrogen-bond donors (Lipinski definition) is 1. The second-order valence-corrected chi connectivity index (χ2v) is 5.13. The number of nitrogens with one attached hydrogen (secondary N) is 1. The van der Waals surface area contributed by atoms with E-state index in [0.717, 1.165) is 28.5 Å². The van der Waals surface area contributed by atoms with E-state index in [1.807, 2.05) is 19.9 Å². The Morgan fingerprint density at radius 1 is 1.21 bits per heavy atom. The van der Waals surface area contributed by atoms with E-state index in [2.05, 4.69) is 34.3 Å². The van der Waals surface area contributed by atoms with Crippen molar-refractivity contribution in [2.75, 3.05) is 0 Å². The molecule has 19 heavy (non-hydrogen) atoms. The van der Waals surface area contributed by atoms with Crippen LogP contribution in [0, 0.1) is 13.8 Å². The number of aryl methyl sites for hydroxylation is 2. The first kappa shape index (κ1) is 14.0. The Kier molecular flexibility index (Phi) is 4.51. The van der Waals surface area contributed by atoms with Crippen LogP contribution in [0.1, 0.15) is 35.5 Å². The zero-order valence-electron chi connectivity index (χ0n) is 11.4. The van der Waals surface area contributed by atoms with Crippen LogP contribution in [0.5, 0.6) is 0 Å². The minimum Gasteiger partial charge on any atom is -0.305 e. The third-order valence-corrected chi connectivity index (χ3v) is 3.49. The van der Waals surface area contributed by atoms with E-state index in [0.29, 0.717) is 0 Å². The minimum atomic E-state index is 0.145. The van der Waals surface area contributed by atoms with Gasteiger partial charge in [0, 0.05) is 30.0 Å². The van der Waals surface area contributed by atoms with Gasteiger partial charge < -0.3 is 5.32 Å². The van der Waals surface area contributed by atoms with Crippen LogP contribution in [-0.4, -0.2) is 9.97 Å². The molecule has 1 aromatic carbocycles. The third kappa shape index (κ3) is 3.52. The van der Waals surface area contributed by atoms with E-state index < -0.39 is 0 Å². The summed E-state index contributed by atoms with van der Waals surface area (Å²) < 4.78 is 0. The first-order chi connectivity index (χ1) is 9.08. The smallest absolute Gasteiger partial charge is 0.0782 e. The van der Waals surface area contributed by atoms with E-state index in [4.69, 9.17) is 11.6 Å². The molecule has 0 amide bonds. The van der Waals surface area contributed by atoms with Crippen LogP contribution >= 0.6 is 11.6 Å². The lowest BCUT2D eigenvalue weighted by molar-refractivity contribution is 0.555. The van der Waals surface area contributed by atoms with E-state index in [1.165, 1.54) is 5.56 Å². The molecule has 0 spiro atoms. The predicted octanol–water partition coefficient (Wildman–Crippen LogP) is 3.60. The fraction of sp³-hybridized carbons (Fsp3) is 0.333. The second kappa shape index (κ2) is 6.13. The Morgan fingerprint density at radius 2 is 1.95 bits per heavy atom. The highest BCUT2D eigenvalue weighted by molar-refractivity contribution is 6.31. The first-order valence-electron chi connectivity index (χ1n) is 6.34. The van der Waals surface area contributed by atoms with E-state index in [-0.39, 0.29) is 6.04 Å². The summed E-state index contributed by atoms with van der Waals surface area (Å²) in [5.41, 5.74) is 4.20.